The van der Waals surface area contributed by atoms with Crippen LogP contribution in [0.1, 0.15) is 12.8 Å². The van der Waals surface area contributed by atoms with Crippen molar-refractivity contribution in [3.8, 4) is 0 Å². The number of carbonyl (C=O) groups excluding carboxylic acids is 2. The van der Waals surface area contributed by atoms with Crippen molar-refractivity contribution in [1.29, 1.82) is 0 Å². The van der Waals surface area contributed by atoms with Gasteiger partial charge in [-0.1, -0.05) is 0 Å². The van der Waals surface area contributed by atoms with Crippen LogP contribution in [0.4, 0.5) is 11.4 Å². The lowest BCUT2D eigenvalue weighted by Crippen LogP contribution is -2.49. The van der Waals surface area contributed by atoms with E-state index in [0.29, 0.717) is 0 Å². The smallest absolute Gasteiger partial charge is 0.322 e. The number of nitrogens with two attached hydrogens (primary N) is 1. The van der Waals surface area contributed by atoms with Crippen LogP contribution in [0.25, 0.3) is 0 Å². The van der Waals surface area contributed by atoms with Crippen LogP contribution in [-0.2, 0) is 19.2 Å². The van der Waals surface area contributed by atoms with Gasteiger partial charge in [0.1, 0.15) is 18.6 Å². The largest absolute Gasteiger partial charge is 0.480 e. The maximum atomic E-state index is 11.5. The Morgan fingerprint density at radius 3 is 2.03 bits per heavy atom. The lowest BCUT2D eigenvalue weighted by molar-refractivity contribution is -0.394. The van der Waals surface area contributed by atoms with Gasteiger partial charge in [-0.25, -0.2) is 0 Å². The van der Waals surface area contributed by atoms with E-state index in [-0.39, 0.29) is 30.0 Å². The molecule has 0 bridgehead atoms. The molecular formula is C16H21N5O10S. The Balaban J connectivity index is 0.000000677. The highest BCUT2D eigenvalue weighted by Gasteiger charge is 2.21. The van der Waals surface area contributed by atoms with Crippen molar-refractivity contribution < 1.29 is 39.2 Å². The third-order valence-corrected chi connectivity index (χ3v) is 3.86. The summed E-state index contributed by atoms with van der Waals surface area (Å²) in [6.45, 7) is -0.567. The number of amides is 2. The fraction of sp³-hybridized carbons (Fsp3) is 0.375. The summed E-state index contributed by atoms with van der Waals surface area (Å²) in [5.41, 5.74) is 4.68. The zero-order valence-electron chi connectivity index (χ0n) is 16.4. The van der Waals surface area contributed by atoms with Gasteiger partial charge in [0.2, 0.25) is 11.8 Å². The number of hydrogen-bond donors (Lipinski definition) is 6. The molecule has 0 saturated carbocycles. The molecule has 2 atom stereocenters. The second-order valence-corrected chi connectivity index (χ2v) is 6.30. The van der Waals surface area contributed by atoms with Crippen LogP contribution in [0.2, 0.25) is 0 Å². The van der Waals surface area contributed by atoms with Crippen LogP contribution in [0.15, 0.2) is 24.3 Å². The van der Waals surface area contributed by atoms with Crippen molar-refractivity contribution in [3.05, 3.63) is 44.5 Å². The van der Waals surface area contributed by atoms with E-state index in [9.17, 15) is 39.4 Å². The number of nitro groups is 2. The highest BCUT2D eigenvalue weighted by atomic mass is 32.1. The highest BCUT2D eigenvalue weighted by Crippen LogP contribution is 2.18. The van der Waals surface area contributed by atoms with Gasteiger partial charge in [0, 0.05) is 24.3 Å². The Morgan fingerprint density at radius 1 is 1.09 bits per heavy atom. The zero-order chi connectivity index (χ0) is 24.8. The van der Waals surface area contributed by atoms with E-state index in [2.05, 4.69) is 23.3 Å². The van der Waals surface area contributed by atoms with E-state index < -0.39 is 52.2 Å². The quantitative estimate of drug-likeness (QED) is 0.133. The SMILES string of the molecule is NC(CCC(=O)NC(CS)C(=O)NCC(=O)O)C(=O)O.O=[N+]([O-])c1cccc([N+](=O)[O-])c1. The first-order valence-corrected chi connectivity index (χ1v) is 9.29. The van der Waals surface area contributed by atoms with Crippen molar-refractivity contribution in [2.24, 2.45) is 5.73 Å². The van der Waals surface area contributed by atoms with Crippen LogP contribution in [0.3, 0.4) is 0 Å². The summed E-state index contributed by atoms with van der Waals surface area (Å²) in [7, 11) is 0. The fourth-order valence-electron chi connectivity index (χ4n) is 1.88. The number of carbonyl (C=O) groups is 4. The van der Waals surface area contributed by atoms with Crippen LogP contribution in [-0.4, -0.2) is 68.2 Å². The van der Waals surface area contributed by atoms with Gasteiger partial charge in [-0.15, -0.1) is 0 Å². The number of carboxylic acids is 2. The van der Waals surface area contributed by atoms with Gasteiger partial charge in [0.15, 0.2) is 0 Å². The number of hydrogen-bond acceptors (Lipinski definition) is 10. The van der Waals surface area contributed by atoms with E-state index in [1.807, 2.05) is 0 Å². The van der Waals surface area contributed by atoms with Gasteiger partial charge in [0.05, 0.1) is 15.9 Å². The van der Waals surface area contributed by atoms with Crippen LogP contribution >= 0.6 is 12.6 Å². The molecule has 0 radical (unpaired) electrons. The van der Waals surface area contributed by atoms with E-state index in [4.69, 9.17) is 15.9 Å². The number of benzene rings is 1. The lowest BCUT2D eigenvalue weighted by atomic mass is 10.1. The Hall–Kier alpha value is -3.79. The predicted molar refractivity (Wildman–Crippen MR) is 111 cm³/mol. The second-order valence-electron chi connectivity index (χ2n) is 5.93. The first kappa shape index (κ1) is 28.2. The number of thiol groups is 1. The molecule has 0 aliphatic carbocycles. The maximum absolute atomic E-state index is 11.5. The summed E-state index contributed by atoms with van der Waals surface area (Å²) >= 11 is 3.87. The summed E-state index contributed by atoms with van der Waals surface area (Å²) in [5, 5.41) is 41.7. The van der Waals surface area contributed by atoms with Gasteiger partial charge in [0.25, 0.3) is 11.4 Å². The van der Waals surface area contributed by atoms with E-state index in [0.717, 1.165) is 6.07 Å². The molecule has 1 aromatic carbocycles. The average Bonchev–Trinajstić information content (AvgIpc) is 2.74. The Bertz CT molecular complexity index is 836. The lowest BCUT2D eigenvalue weighted by Gasteiger charge is -2.16. The molecule has 0 aromatic heterocycles. The molecular weight excluding hydrogens is 454 g/mol. The molecule has 0 aliphatic heterocycles. The summed E-state index contributed by atoms with van der Waals surface area (Å²) in [6.07, 6.45) is -0.235. The number of nitrogens with one attached hydrogen (secondary N) is 2. The number of nitrogens with zero attached hydrogens (tertiary/aromatic N) is 2. The summed E-state index contributed by atoms with van der Waals surface area (Å²) in [5.74, 6) is -3.70. The minimum absolute atomic E-state index is 0.0256. The monoisotopic (exact) mass is 475 g/mol. The van der Waals surface area contributed by atoms with Crippen molar-refractivity contribution in [3.63, 3.8) is 0 Å². The molecule has 0 saturated heterocycles. The number of nitro benzene ring substituents is 2. The van der Waals surface area contributed by atoms with Gasteiger partial charge in [-0.3, -0.25) is 39.4 Å². The van der Waals surface area contributed by atoms with Gasteiger partial charge < -0.3 is 26.6 Å². The average molecular weight is 475 g/mol. The molecule has 15 nitrogen and oxygen atoms in total. The standard InChI is InChI=1S/C10H17N3O6S.C6H4N2O4/c11-5(10(18)19)1-2-7(14)13-6(4-20)9(17)12-3-8(15)16;9-7(10)5-2-1-3-6(4-5)8(11)12/h5-6,20H,1-4,11H2,(H,12,17)(H,13,14)(H,15,16)(H,18,19);1-4H. The molecule has 0 heterocycles. The molecule has 176 valence electrons. The van der Waals surface area contributed by atoms with E-state index in [1.54, 1.807) is 0 Å². The van der Waals surface area contributed by atoms with Crippen LogP contribution in [0.5, 0.6) is 0 Å². The molecule has 1 rings (SSSR count). The zero-order valence-corrected chi connectivity index (χ0v) is 17.3. The predicted octanol–water partition coefficient (Wildman–Crippen LogP) is -0.703. The number of non-ortho nitro benzene ring substituents is 2. The molecule has 6 N–H and O–H groups in total. The minimum atomic E-state index is -1.22. The van der Waals surface area contributed by atoms with Crippen LogP contribution in [0, 0.1) is 20.2 Å². The Labute approximate surface area is 185 Å². The molecule has 0 aliphatic rings. The normalized spacial score (nSPS) is 11.7. The maximum Gasteiger partial charge on any atom is 0.322 e. The summed E-state index contributed by atoms with van der Waals surface area (Å²) in [6, 6.07) is 2.44. The summed E-state index contributed by atoms with van der Waals surface area (Å²) < 4.78 is 0. The molecule has 2 amide bonds. The van der Waals surface area contributed by atoms with E-state index >= 15 is 0 Å². The van der Waals surface area contributed by atoms with Crippen molar-refractivity contribution >= 4 is 47.8 Å². The molecule has 16 heteroatoms. The number of carboxylic acid groups (broad SMARTS) is 2. The van der Waals surface area contributed by atoms with Crippen LogP contribution < -0.4 is 16.4 Å². The molecule has 2 unspecified atom stereocenters. The molecule has 32 heavy (non-hydrogen) atoms. The van der Waals surface area contributed by atoms with Crippen molar-refractivity contribution in [1.82, 2.24) is 10.6 Å². The summed E-state index contributed by atoms with van der Waals surface area (Å²) in [4.78, 5) is 62.7. The molecule has 0 spiro atoms. The first-order valence-electron chi connectivity index (χ1n) is 8.66. The topological polar surface area (TPSA) is 245 Å². The van der Waals surface area contributed by atoms with Crippen molar-refractivity contribution in [2.45, 2.75) is 24.9 Å². The minimum Gasteiger partial charge on any atom is -0.480 e. The highest BCUT2D eigenvalue weighted by molar-refractivity contribution is 7.80. The molecule has 1 aromatic rings. The van der Waals surface area contributed by atoms with Gasteiger partial charge >= 0.3 is 11.9 Å². The third kappa shape index (κ3) is 11.4. The third-order valence-electron chi connectivity index (χ3n) is 3.50. The second kappa shape index (κ2) is 14.3. The molecule has 0 fully saturated rings. The first-order chi connectivity index (χ1) is 14.9. The fourth-order valence-corrected chi connectivity index (χ4v) is 2.13. The number of rotatable bonds is 11. The number of aliphatic carboxylic acids is 2. The van der Waals surface area contributed by atoms with E-state index in [1.165, 1.54) is 18.2 Å². The Morgan fingerprint density at radius 2 is 1.62 bits per heavy atom. The Kier molecular flexibility index (Phi) is 12.6. The van der Waals surface area contributed by atoms with Gasteiger partial charge in [-0.2, -0.15) is 12.6 Å². The van der Waals surface area contributed by atoms with Crippen molar-refractivity contribution in [2.75, 3.05) is 12.3 Å². The van der Waals surface area contributed by atoms with Gasteiger partial charge in [-0.05, 0) is 12.5 Å².